The Morgan fingerprint density at radius 3 is 2.73 bits per heavy atom. The molecule has 0 aliphatic rings. The molecule has 80 valence electrons. The molecule has 0 aliphatic carbocycles. The van der Waals surface area contributed by atoms with Gasteiger partial charge in [-0.2, -0.15) is 0 Å². The van der Waals surface area contributed by atoms with Crippen molar-refractivity contribution in [3.8, 4) is 11.8 Å². The second-order valence-electron chi connectivity index (χ2n) is 3.12. The van der Waals surface area contributed by atoms with E-state index in [9.17, 15) is 8.42 Å². The number of hydrogen-bond donors (Lipinski definition) is 1. The Kier molecular flexibility index (Phi) is 3.89. The maximum absolute atomic E-state index is 11.0. The summed E-state index contributed by atoms with van der Waals surface area (Å²) in [7, 11) is -3.62. The van der Waals surface area contributed by atoms with E-state index >= 15 is 0 Å². The SMILES string of the molecule is CCCC#Cc1cccc(S(N)(=O)=O)c1. The molecule has 15 heavy (non-hydrogen) atoms. The minimum Gasteiger partial charge on any atom is -0.225 e. The van der Waals surface area contributed by atoms with Crippen molar-refractivity contribution in [3.05, 3.63) is 29.8 Å². The Labute approximate surface area is 90.4 Å². The number of sulfonamides is 1. The number of unbranched alkanes of at least 4 members (excludes halogenated alkanes) is 1. The number of rotatable bonds is 2. The van der Waals surface area contributed by atoms with Crippen LogP contribution in [0.4, 0.5) is 0 Å². The smallest absolute Gasteiger partial charge is 0.225 e. The quantitative estimate of drug-likeness (QED) is 0.772. The van der Waals surface area contributed by atoms with Crippen molar-refractivity contribution in [2.45, 2.75) is 24.7 Å². The van der Waals surface area contributed by atoms with Crippen LogP contribution in [0.2, 0.25) is 0 Å². The highest BCUT2D eigenvalue weighted by molar-refractivity contribution is 7.89. The minimum absolute atomic E-state index is 0.103. The number of hydrogen-bond acceptors (Lipinski definition) is 2. The third kappa shape index (κ3) is 3.74. The normalized spacial score (nSPS) is 10.5. The molecule has 1 rings (SSSR count). The summed E-state index contributed by atoms with van der Waals surface area (Å²) in [5, 5.41) is 5.00. The molecule has 0 fully saturated rings. The van der Waals surface area contributed by atoms with Crippen LogP contribution in [0.15, 0.2) is 29.2 Å². The zero-order valence-corrected chi connectivity index (χ0v) is 9.34. The Hall–Kier alpha value is -1.31. The average molecular weight is 223 g/mol. The Balaban J connectivity index is 3.00. The maximum atomic E-state index is 11.0. The first kappa shape index (κ1) is 11.8. The van der Waals surface area contributed by atoms with Gasteiger partial charge in [0.2, 0.25) is 10.0 Å². The van der Waals surface area contributed by atoms with Gasteiger partial charge < -0.3 is 0 Å². The summed E-state index contributed by atoms with van der Waals surface area (Å²) in [5.74, 6) is 5.83. The van der Waals surface area contributed by atoms with E-state index in [2.05, 4.69) is 11.8 Å². The molecule has 4 heteroatoms. The van der Waals surface area contributed by atoms with Gasteiger partial charge in [0.25, 0.3) is 0 Å². The van der Waals surface area contributed by atoms with Crippen LogP contribution in [0.5, 0.6) is 0 Å². The van der Waals surface area contributed by atoms with Crippen molar-refractivity contribution in [1.29, 1.82) is 0 Å². The van der Waals surface area contributed by atoms with Gasteiger partial charge in [-0.05, 0) is 24.6 Å². The lowest BCUT2D eigenvalue weighted by molar-refractivity contribution is 0.598. The summed E-state index contributed by atoms with van der Waals surface area (Å²) < 4.78 is 22.1. The summed E-state index contributed by atoms with van der Waals surface area (Å²) in [5.41, 5.74) is 0.676. The Morgan fingerprint density at radius 2 is 2.13 bits per heavy atom. The highest BCUT2D eigenvalue weighted by Gasteiger charge is 2.06. The fourth-order valence-corrected chi connectivity index (χ4v) is 1.60. The lowest BCUT2D eigenvalue weighted by Gasteiger charge is -1.97. The summed E-state index contributed by atoms with van der Waals surface area (Å²) in [4.78, 5) is 0.103. The predicted molar refractivity (Wildman–Crippen MR) is 59.6 cm³/mol. The molecule has 1 aromatic rings. The van der Waals surface area contributed by atoms with Gasteiger partial charge in [-0.1, -0.05) is 24.8 Å². The van der Waals surface area contributed by atoms with E-state index in [4.69, 9.17) is 5.14 Å². The van der Waals surface area contributed by atoms with Gasteiger partial charge in [0, 0.05) is 12.0 Å². The van der Waals surface area contributed by atoms with E-state index in [0.29, 0.717) is 5.56 Å². The molecule has 0 amide bonds. The molecule has 0 bridgehead atoms. The molecule has 0 heterocycles. The molecule has 0 aromatic heterocycles. The zero-order chi connectivity index (χ0) is 11.3. The van der Waals surface area contributed by atoms with E-state index < -0.39 is 10.0 Å². The van der Waals surface area contributed by atoms with Crippen molar-refractivity contribution in [2.24, 2.45) is 5.14 Å². The van der Waals surface area contributed by atoms with Crippen LogP contribution < -0.4 is 5.14 Å². The molecule has 3 nitrogen and oxygen atoms in total. The fourth-order valence-electron chi connectivity index (χ4n) is 1.04. The standard InChI is InChI=1S/C11H13NO2S/c1-2-3-4-6-10-7-5-8-11(9-10)15(12,13)14/h5,7-9H,2-3H2,1H3,(H2,12,13,14). The first-order chi connectivity index (χ1) is 7.04. The number of nitrogens with two attached hydrogens (primary N) is 1. The minimum atomic E-state index is -3.62. The van der Waals surface area contributed by atoms with Crippen LogP contribution >= 0.6 is 0 Å². The lowest BCUT2D eigenvalue weighted by Crippen LogP contribution is -2.11. The van der Waals surface area contributed by atoms with Gasteiger partial charge in [0.1, 0.15) is 0 Å². The van der Waals surface area contributed by atoms with Gasteiger partial charge >= 0.3 is 0 Å². The highest BCUT2D eigenvalue weighted by atomic mass is 32.2. The van der Waals surface area contributed by atoms with Crippen molar-refractivity contribution < 1.29 is 8.42 Å². The second-order valence-corrected chi connectivity index (χ2v) is 4.69. The molecule has 0 radical (unpaired) electrons. The van der Waals surface area contributed by atoms with Gasteiger partial charge in [-0.15, -0.1) is 0 Å². The molecular formula is C11H13NO2S. The first-order valence-corrected chi connectivity index (χ1v) is 6.20. The Morgan fingerprint density at radius 1 is 1.40 bits per heavy atom. The van der Waals surface area contributed by atoms with Gasteiger partial charge in [-0.3, -0.25) is 0 Å². The largest absolute Gasteiger partial charge is 0.238 e. The lowest BCUT2D eigenvalue weighted by atomic mass is 10.2. The van der Waals surface area contributed by atoms with E-state index in [1.54, 1.807) is 12.1 Å². The molecule has 0 aliphatic heterocycles. The number of benzene rings is 1. The number of primary sulfonamides is 1. The van der Waals surface area contributed by atoms with Crippen LogP contribution in [0.25, 0.3) is 0 Å². The molecule has 0 saturated carbocycles. The van der Waals surface area contributed by atoms with Gasteiger partial charge in [-0.25, -0.2) is 13.6 Å². The molecule has 0 saturated heterocycles. The first-order valence-electron chi connectivity index (χ1n) is 4.66. The third-order valence-electron chi connectivity index (χ3n) is 1.77. The van der Waals surface area contributed by atoms with Crippen LogP contribution in [0, 0.1) is 11.8 Å². The molecule has 2 N–H and O–H groups in total. The van der Waals surface area contributed by atoms with Crippen molar-refractivity contribution in [1.82, 2.24) is 0 Å². The van der Waals surface area contributed by atoms with E-state index in [1.165, 1.54) is 12.1 Å². The topological polar surface area (TPSA) is 60.2 Å². The zero-order valence-electron chi connectivity index (χ0n) is 8.53. The van der Waals surface area contributed by atoms with Crippen molar-refractivity contribution in [2.75, 3.05) is 0 Å². The molecule has 1 aromatic carbocycles. The highest BCUT2D eigenvalue weighted by Crippen LogP contribution is 2.08. The Bertz CT molecular complexity index is 495. The maximum Gasteiger partial charge on any atom is 0.238 e. The third-order valence-corrected chi connectivity index (χ3v) is 2.68. The molecular weight excluding hydrogens is 210 g/mol. The molecule has 0 unspecified atom stereocenters. The van der Waals surface area contributed by atoms with Crippen LogP contribution in [-0.2, 0) is 10.0 Å². The van der Waals surface area contributed by atoms with Gasteiger partial charge in [0.05, 0.1) is 4.90 Å². The van der Waals surface area contributed by atoms with Crippen molar-refractivity contribution in [3.63, 3.8) is 0 Å². The van der Waals surface area contributed by atoms with Crippen LogP contribution in [-0.4, -0.2) is 8.42 Å². The van der Waals surface area contributed by atoms with Crippen molar-refractivity contribution >= 4 is 10.0 Å². The summed E-state index contributed by atoms with van der Waals surface area (Å²) in [6.07, 6.45) is 1.79. The summed E-state index contributed by atoms with van der Waals surface area (Å²) in [6, 6.07) is 6.34. The van der Waals surface area contributed by atoms with Crippen LogP contribution in [0.1, 0.15) is 25.3 Å². The molecule has 0 spiro atoms. The molecule has 0 atom stereocenters. The van der Waals surface area contributed by atoms with E-state index in [1.807, 2.05) is 6.92 Å². The average Bonchev–Trinajstić information content (AvgIpc) is 2.17. The van der Waals surface area contributed by atoms with Crippen LogP contribution in [0.3, 0.4) is 0 Å². The fraction of sp³-hybridized carbons (Fsp3) is 0.273. The second kappa shape index (κ2) is 4.96. The van der Waals surface area contributed by atoms with Gasteiger partial charge in [0.15, 0.2) is 0 Å². The summed E-state index contributed by atoms with van der Waals surface area (Å²) in [6.45, 7) is 2.04. The monoisotopic (exact) mass is 223 g/mol. The predicted octanol–water partition coefficient (Wildman–Crippen LogP) is 1.49. The summed E-state index contributed by atoms with van der Waals surface area (Å²) >= 11 is 0. The van der Waals surface area contributed by atoms with E-state index in [-0.39, 0.29) is 4.90 Å². The van der Waals surface area contributed by atoms with E-state index in [0.717, 1.165) is 12.8 Å².